The fourth-order valence-electron chi connectivity index (χ4n) is 5.16. The molecular formula is C21H35NO3Si. The van der Waals surface area contributed by atoms with Gasteiger partial charge >= 0.3 is 0 Å². The molecule has 0 radical (unpaired) electrons. The van der Waals surface area contributed by atoms with E-state index in [0.29, 0.717) is 0 Å². The number of nitriles is 1. The van der Waals surface area contributed by atoms with Gasteiger partial charge in [-0.1, -0.05) is 41.5 Å². The molecule has 0 aromatic rings. The first kappa shape index (κ1) is 20.1. The lowest BCUT2D eigenvalue weighted by molar-refractivity contribution is -0.493. The Morgan fingerprint density at radius 2 is 1.73 bits per heavy atom. The molecule has 4 nitrogen and oxygen atoms in total. The predicted octanol–water partition coefficient (Wildman–Crippen LogP) is 5.37. The summed E-state index contributed by atoms with van der Waals surface area (Å²) in [7, 11) is -1.99. The lowest BCUT2D eigenvalue weighted by Gasteiger charge is -2.69. The maximum Gasteiger partial charge on any atom is 0.192 e. The SMILES string of the molecule is CC1(C)CC[C@@H](O[Si](C)(C)C(C)(C)C)[C@]2(C)[C@H](C#N)[C@@]3(C)C=C[C@@]12OO3. The van der Waals surface area contributed by atoms with Crippen LogP contribution in [0.25, 0.3) is 0 Å². The van der Waals surface area contributed by atoms with E-state index >= 15 is 0 Å². The van der Waals surface area contributed by atoms with Crippen LogP contribution in [-0.2, 0) is 14.2 Å². The number of hydrogen-bond acceptors (Lipinski definition) is 4. The van der Waals surface area contributed by atoms with Crippen molar-refractivity contribution in [1.29, 1.82) is 5.26 Å². The van der Waals surface area contributed by atoms with Gasteiger partial charge in [0.15, 0.2) is 8.32 Å². The molecule has 2 aliphatic carbocycles. The van der Waals surface area contributed by atoms with E-state index in [1.807, 2.05) is 13.0 Å². The van der Waals surface area contributed by atoms with E-state index in [1.165, 1.54) is 0 Å². The minimum absolute atomic E-state index is 0.0192. The molecule has 4 rings (SSSR count). The van der Waals surface area contributed by atoms with Crippen molar-refractivity contribution in [2.75, 3.05) is 0 Å². The second kappa shape index (κ2) is 5.44. The van der Waals surface area contributed by atoms with Crippen molar-refractivity contribution in [3.8, 4) is 6.07 Å². The third-order valence-electron chi connectivity index (χ3n) is 8.05. The quantitative estimate of drug-likeness (QED) is 0.369. The van der Waals surface area contributed by atoms with Gasteiger partial charge in [0.2, 0.25) is 0 Å². The van der Waals surface area contributed by atoms with Crippen LogP contribution in [0.2, 0.25) is 18.1 Å². The van der Waals surface area contributed by atoms with Gasteiger partial charge in [-0.15, -0.1) is 0 Å². The van der Waals surface area contributed by atoms with Crippen LogP contribution in [0.1, 0.15) is 61.3 Å². The Morgan fingerprint density at radius 3 is 2.19 bits per heavy atom. The highest BCUT2D eigenvalue weighted by atomic mass is 28.4. The Kier molecular flexibility index (Phi) is 4.20. The van der Waals surface area contributed by atoms with Crippen molar-refractivity contribution in [3.05, 3.63) is 12.2 Å². The molecule has 1 saturated carbocycles. The Bertz CT molecular complexity index is 674. The first-order valence-corrected chi connectivity index (χ1v) is 12.7. The smallest absolute Gasteiger partial charge is 0.192 e. The number of rotatable bonds is 2. The van der Waals surface area contributed by atoms with Crippen molar-refractivity contribution < 1.29 is 14.2 Å². The van der Waals surface area contributed by atoms with Crippen LogP contribution in [0.3, 0.4) is 0 Å². The van der Waals surface area contributed by atoms with Crippen molar-refractivity contribution in [1.82, 2.24) is 0 Å². The summed E-state index contributed by atoms with van der Waals surface area (Å²) in [6.07, 6.45) is 6.12. The zero-order chi connectivity index (χ0) is 19.8. The Balaban J connectivity index is 2.14. The van der Waals surface area contributed by atoms with Gasteiger partial charge in [0, 0.05) is 10.8 Å². The maximum atomic E-state index is 10.2. The molecule has 5 atom stereocenters. The highest BCUT2D eigenvalue weighted by Crippen LogP contribution is 2.68. The van der Waals surface area contributed by atoms with Crippen LogP contribution in [0, 0.1) is 28.1 Å². The molecule has 0 unspecified atom stereocenters. The summed E-state index contributed by atoms with van der Waals surface area (Å²) in [6.45, 7) is 20.0. The maximum absolute atomic E-state index is 10.2. The first-order valence-electron chi connectivity index (χ1n) is 9.82. The average Bonchev–Trinajstić information content (AvgIpc) is 2.49. The third-order valence-corrected chi connectivity index (χ3v) is 12.5. The summed E-state index contributed by atoms with van der Waals surface area (Å²) in [5.74, 6) is -0.317. The van der Waals surface area contributed by atoms with E-state index < -0.39 is 24.9 Å². The molecule has 2 heterocycles. The highest BCUT2D eigenvalue weighted by Gasteiger charge is 2.75. The summed E-state index contributed by atoms with van der Waals surface area (Å²) in [4.78, 5) is 12.0. The van der Waals surface area contributed by atoms with Crippen molar-refractivity contribution in [2.45, 2.75) is 96.7 Å². The fourth-order valence-corrected chi connectivity index (χ4v) is 6.59. The minimum Gasteiger partial charge on any atom is -0.413 e. The topological polar surface area (TPSA) is 51.5 Å². The zero-order valence-electron chi connectivity index (χ0n) is 17.9. The molecule has 1 spiro atoms. The van der Waals surface area contributed by atoms with Gasteiger partial charge < -0.3 is 4.43 Å². The molecule has 0 amide bonds. The summed E-state index contributed by atoms with van der Waals surface area (Å²) < 4.78 is 6.95. The molecular weight excluding hydrogens is 342 g/mol. The van der Waals surface area contributed by atoms with Gasteiger partial charge in [-0.25, -0.2) is 9.78 Å². The van der Waals surface area contributed by atoms with E-state index in [9.17, 15) is 5.26 Å². The van der Waals surface area contributed by atoms with Crippen molar-refractivity contribution in [2.24, 2.45) is 16.7 Å². The van der Waals surface area contributed by atoms with Crippen LogP contribution < -0.4 is 0 Å². The van der Waals surface area contributed by atoms with E-state index in [2.05, 4.69) is 66.8 Å². The Hall–Kier alpha value is -0.673. The molecule has 2 aliphatic heterocycles. The molecule has 0 N–H and O–H groups in total. The van der Waals surface area contributed by atoms with Crippen LogP contribution in [-0.4, -0.2) is 25.6 Å². The van der Waals surface area contributed by atoms with Gasteiger partial charge in [-0.2, -0.15) is 5.26 Å². The standard InChI is InChI=1S/C21H35NO3Si/c1-17(2,3)26(8,9)23-16-10-11-18(4,5)21-13-12-19(6,24-25-21)15(14-22)20(16,21)7/h12-13,15-16H,10-11H2,1-9H3/t15-,16-,19-,20+,21-/m1/s1. The van der Waals surface area contributed by atoms with Crippen LogP contribution in [0.5, 0.6) is 0 Å². The zero-order valence-corrected chi connectivity index (χ0v) is 18.9. The lowest BCUT2D eigenvalue weighted by Crippen LogP contribution is -2.76. The second-order valence-corrected chi connectivity index (χ2v) is 15.8. The molecule has 2 fully saturated rings. The molecule has 4 aliphatic rings. The van der Waals surface area contributed by atoms with E-state index in [-0.39, 0.29) is 22.5 Å². The summed E-state index contributed by atoms with van der Waals surface area (Å²) >= 11 is 0. The predicted molar refractivity (Wildman–Crippen MR) is 105 cm³/mol. The number of nitrogens with zero attached hydrogens (tertiary/aromatic N) is 1. The second-order valence-electron chi connectivity index (χ2n) is 11.1. The monoisotopic (exact) mass is 377 g/mol. The minimum atomic E-state index is -1.99. The van der Waals surface area contributed by atoms with E-state index in [0.717, 1.165) is 12.8 Å². The first-order chi connectivity index (χ1) is 11.7. The van der Waals surface area contributed by atoms with Gasteiger partial charge in [0.05, 0.1) is 18.1 Å². The molecule has 0 aromatic carbocycles. The molecule has 1 saturated heterocycles. The van der Waals surface area contributed by atoms with Crippen molar-refractivity contribution in [3.63, 3.8) is 0 Å². The van der Waals surface area contributed by atoms with Gasteiger partial charge in [-0.3, -0.25) is 0 Å². The average molecular weight is 378 g/mol. The Morgan fingerprint density at radius 1 is 1.12 bits per heavy atom. The van der Waals surface area contributed by atoms with Gasteiger partial charge in [-0.05, 0) is 50.0 Å². The lowest BCUT2D eigenvalue weighted by atomic mass is 9.44. The number of fused-ring (bicyclic) bond motifs is 1. The molecule has 5 heteroatoms. The van der Waals surface area contributed by atoms with Gasteiger partial charge in [0.1, 0.15) is 11.2 Å². The third kappa shape index (κ3) is 2.29. The molecule has 0 aromatic heterocycles. The van der Waals surface area contributed by atoms with Crippen LogP contribution >= 0.6 is 0 Å². The summed E-state index contributed by atoms with van der Waals surface area (Å²) in [5, 5.41) is 10.3. The normalized spacial score (nSPS) is 44.5. The summed E-state index contributed by atoms with van der Waals surface area (Å²) in [6, 6.07) is 2.58. The molecule has 146 valence electrons. The van der Waals surface area contributed by atoms with E-state index in [1.54, 1.807) is 0 Å². The number of hydrogen-bond donors (Lipinski definition) is 0. The molecule has 2 bridgehead atoms. The molecule has 26 heavy (non-hydrogen) atoms. The largest absolute Gasteiger partial charge is 0.413 e. The fraction of sp³-hybridized carbons (Fsp3) is 0.857. The van der Waals surface area contributed by atoms with E-state index in [4.69, 9.17) is 14.2 Å². The summed E-state index contributed by atoms with van der Waals surface area (Å²) in [5.41, 5.74) is -1.97. The van der Waals surface area contributed by atoms with Crippen molar-refractivity contribution >= 4 is 8.32 Å². The highest BCUT2D eigenvalue weighted by molar-refractivity contribution is 6.74. The Labute approximate surface area is 159 Å². The van der Waals surface area contributed by atoms with Gasteiger partial charge in [0.25, 0.3) is 0 Å². The van der Waals surface area contributed by atoms with Crippen LogP contribution in [0.4, 0.5) is 0 Å². The van der Waals surface area contributed by atoms with Crippen LogP contribution in [0.15, 0.2) is 12.2 Å².